The van der Waals surface area contributed by atoms with Crippen LogP contribution < -0.4 is 0 Å². The molecule has 30 heavy (non-hydrogen) atoms. The minimum atomic E-state index is -3.64. The van der Waals surface area contributed by atoms with E-state index in [2.05, 4.69) is 0 Å². The van der Waals surface area contributed by atoms with E-state index in [0.717, 1.165) is 0 Å². The zero-order valence-corrected chi connectivity index (χ0v) is 19.2. The third-order valence-electron chi connectivity index (χ3n) is 5.63. The van der Waals surface area contributed by atoms with Gasteiger partial charge in [-0.1, -0.05) is 23.2 Å². The van der Waals surface area contributed by atoms with Crippen LogP contribution in [0.1, 0.15) is 25.7 Å². The molecule has 1 saturated heterocycles. The highest BCUT2D eigenvalue weighted by atomic mass is 35.5. The number of methoxy groups -OCH3 is 1. The highest BCUT2D eigenvalue weighted by molar-refractivity contribution is 7.89. The summed E-state index contributed by atoms with van der Waals surface area (Å²) in [5, 5.41) is 0.507. The summed E-state index contributed by atoms with van der Waals surface area (Å²) in [5.74, 6) is 0.0118. The van der Waals surface area contributed by atoms with Crippen LogP contribution in [0.4, 0.5) is 0 Å². The summed E-state index contributed by atoms with van der Waals surface area (Å²) < 4.78 is 32.2. The van der Waals surface area contributed by atoms with Crippen molar-refractivity contribution in [1.82, 2.24) is 9.21 Å². The predicted molar refractivity (Wildman–Crippen MR) is 114 cm³/mol. The summed E-state index contributed by atoms with van der Waals surface area (Å²) in [6, 6.07) is 4.30. The Hall–Kier alpha value is -1.61. The normalized spacial score (nSPS) is 18.9. The van der Waals surface area contributed by atoms with Gasteiger partial charge < -0.3 is 9.64 Å². The first-order chi connectivity index (χ1) is 14.1. The van der Waals surface area contributed by atoms with Gasteiger partial charge in [0.1, 0.15) is 0 Å². The number of hydrogen-bond acceptors (Lipinski definition) is 5. The van der Waals surface area contributed by atoms with E-state index in [-0.39, 0.29) is 39.8 Å². The number of carbonyl (C=O) groups excluding carboxylic acids is 2. The van der Waals surface area contributed by atoms with Crippen LogP contribution in [0.3, 0.4) is 0 Å². The molecular weight excluding hydrogens is 451 g/mol. The van der Waals surface area contributed by atoms with E-state index in [0.29, 0.717) is 49.4 Å². The molecule has 1 aromatic carbocycles. The van der Waals surface area contributed by atoms with Crippen LogP contribution >= 0.6 is 23.2 Å². The number of sulfonamides is 1. The lowest BCUT2D eigenvalue weighted by Crippen LogP contribution is -2.38. The molecule has 2 aliphatic heterocycles. The Labute approximate surface area is 186 Å². The summed E-state index contributed by atoms with van der Waals surface area (Å²) in [6.07, 6.45) is 2.30. The van der Waals surface area contributed by atoms with Crippen molar-refractivity contribution in [3.05, 3.63) is 39.6 Å². The molecule has 0 N–H and O–H groups in total. The van der Waals surface area contributed by atoms with Crippen molar-refractivity contribution in [2.75, 3.05) is 33.8 Å². The van der Waals surface area contributed by atoms with Crippen molar-refractivity contribution in [2.24, 2.45) is 5.92 Å². The van der Waals surface area contributed by atoms with Gasteiger partial charge in [0.2, 0.25) is 10.0 Å². The van der Waals surface area contributed by atoms with Crippen LogP contribution in [0.5, 0.6) is 0 Å². The first-order valence-corrected chi connectivity index (χ1v) is 11.9. The highest BCUT2D eigenvalue weighted by Crippen LogP contribution is 2.30. The number of halogens is 2. The fourth-order valence-corrected chi connectivity index (χ4v) is 5.68. The first kappa shape index (κ1) is 23.1. The quantitative estimate of drug-likeness (QED) is 0.605. The molecule has 1 amide bonds. The second kappa shape index (κ2) is 9.26. The molecule has 0 spiro atoms. The zero-order chi connectivity index (χ0) is 22.1. The van der Waals surface area contributed by atoms with Crippen molar-refractivity contribution >= 4 is 44.9 Å². The number of hydrogen-bond donors (Lipinski definition) is 0. The van der Waals surface area contributed by atoms with Crippen molar-refractivity contribution < 1.29 is 22.7 Å². The minimum absolute atomic E-state index is 0.0876. The minimum Gasteiger partial charge on any atom is -0.491 e. The maximum absolute atomic E-state index is 12.8. The molecule has 3 rings (SSSR count). The Morgan fingerprint density at radius 3 is 2.47 bits per heavy atom. The SMILES string of the molecule is COC1=C(C(=O)CCC2CCN(S(=O)(=O)c3ccc(Cl)c(Cl)c3)CC2)CN(C)C1=O. The highest BCUT2D eigenvalue weighted by Gasteiger charge is 2.34. The first-order valence-electron chi connectivity index (χ1n) is 9.66. The van der Waals surface area contributed by atoms with Crippen molar-refractivity contribution in [3.63, 3.8) is 0 Å². The monoisotopic (exact) mass is 474 g/mol. The van der Waals surface area contributed by atoms with E-state index in [1.54, 1.807) is 7.05 Å². The molecule has 2 aliphatic rings. The van der Waals surface area contributed by atoms with E-state index in [1.165, 1.54) is 34.5 Å². The maximum atomic E-state index is 12.8. The van der Waals surface area contributed by atoms with Crippen LogP contribution in [0.15, 0.2) is 34.4 Å². The number of amides is 1. The average molecular weight is 475 g/mol. The number of Topliss-reactive ketones (excluding diaryl/α,β-unsaturated/α-hetero) is 1. The number of carbonyl (C=O) groups is 2. The van der Waals surface area contributed by atoms with Crippen LogP contribution in [-0.2, 0) is 24.3 Å². The molecule has 0 aliphatic carbocycles. The van der Waals surface area contributed by atoms with Gasteiger partial charge in [-0.05, 0) is 43.4 Å². The second-order valence-corrected chi connectivity index (χ2v) is 10.3. The van der Waals surface area contributed by atoms with Crippen molar-refractivity contribution in [1.29, 1.82) is 0 Å². The fraction of sp³-hybridized carbons (Fsp3) is 0.500. The summed E-state index contributed by atoms with van der Waals surface area (Å²) >= 11 is 11.8. The molecular formula is C20H24Cl2N2O5S. The van der Waals surface area contributed by atoms with E-state index < -0.39 is 10.0 Å². The Bertz CT molecular complexity index is 985. The molecule has 0 saturated carbocycles. The molecule has 0 unspecified atom stereocenters. The molecule has 10 heteroatoms. The maximum Gasteiger partial charge on any atom is 0.289 e. The number of nitrogens with zero attached hydrogens (tertiary/aromatic N) is 2. The Morgan fingerprint density at radius 2 is 1.87 bits per heavy atom. The number of rotatable bonds is 7. The molecule has 1 fully saturated rings. The van der Waals surface area contributed by atoms with Gasteiger partial charge in [0.05, 0.1) is 34.2 Å². The lowest BCUT2D eigenvalue weighted by molar-refractivity contribution is -0.127. The summed E-state index contributed by atoms with van der Waals surface area (Å²) in [4.78, 5) is 26.1. The van der Waals surface area contributed by atoms with Gasteiger partial charge in [-0.15, -0.1) is 0 Å². The number of ether oxygens (including phenoxy) is 1. The fourth-order valence-electron chi connectivity index (χ4n) is 3.82. The molecule has 0 atom stereocenters. The smallest absolute Gasteiger partial charge is 0.289 e. The van der Waals surface area contributed by atoms with Gasteiger partial charge in [-0.25, -0.2) is 8.42 Å². The summed E-state index contributed by atoms with van der Waals surface area (Å²) in [5.41, 5.74) is 0.421. The van der Waals surface area contributed by atoms with Gasteiger partial charge in [-0.2, -0.15) is 4.31 Å². The summed E-state index contributed by atoms with van der Waals surface area (Å²) in [6.45, 7) is 1.03. The standard InChI is InChI=1S/C20H24Cl2N2O5S/c1-23-12-15(19(29-2)20(23)26)18(25)6-3-13-7-9-24(10-8-13)30(27,28)14-4-5-16(21)17(22)11-14/h4-5,11,13H,3,6-10,12H2,1-2H3. The molecule has 2 heterocycles. The van der Waals surface area contributed by atoms with Crippen LogP contribution in [0.2, 0.25) is 10.0 Å². The van der Waals surface area contributed by atoms with Gasteiger partial charge in [0.15, 0.2) is 11.5 Å². The van der Waals surface area contributed by atoms with Crippen LogP contribution in [0, 0.1) is 5.92 Å². The van der Waals surface area contributed by atoms with E-state index in [1.807, 2.05) is 0 Å². The number of benzene rings is 1. The Morgan fingerprint density at radius 1 is 1.20 bits per heavy atom. The van der Waals surface area contributed by atoms with E-state index >= 15 is 0 Å². The van der Waals surface area contributed by atoms with Crippen LogP contribution in [-0.4, -0.2) is 63.1 Å². The Balaban J connectivity index is 1.56. The number of likely N-dealkylation sites (N-methyl/N-ethyl adjacent to an activating group) is 1. The van der Waals surface area contributed by atoms with Gasteiger partial charge in [-0.3, -0.25) is 9.59 Å². The lowest BCUT2D eigenvalue weighted by Gasteiger charge is -2.31. The van der Waals surface area contributed by atoms with Crippen LogP contribution in [0.25, 0.3) is 0 Å². The molecule has 0 bridgehead atoms. The predicted octanol–water partition coefficient (Wildman–Crippen LogP) is 3.12. The lowest BCUT2D eigenvalue weighted by atomic mass is 9.91. The number of piperidine rings is 1. The van der Waals surface area contributed by atoms with Gasteiger partial charge in [0, 0.05) is 26.6 Å². The molecule has 1 aromatic rings. The largest absolute Gasteiger partial charge is 0.491 e. The number of ketones is 1. The average Bonchev–Trinajstić information content (AvgIpc) is 3.02. The van der Waals surface area contributed by atoms with Crippen molar-refractivity contribution in [2.45, 2.75) is 30.6 Å². The molecule has 0 aromatic heterocycles. The summed E-state index contributed by atoms with van der Waals surface area (Å²) in [7, 11) is -0.613. The van der Waals surface area contributed by atoms with E-state index in [9.17, 15) is 18.0 Å². The third-order valence-corrected chi connectivity index (χ3v) is 8.27. The second-order valence-electron chi connectivity index (χ2n) is 7.56. The molecule has 0 radical (unpaired) electrons. The van der Waals surface area contributed by atoms with E-state index in [4.69, 9.17) is 27.9 Å². The topological polar surface area (TPSA) is 84.0 Å². The molecule has 164 valence electrons. The zero-order valence-electron chi connectivity index (χ0n) is 16.9. The third kappa shape index (κ3) is 4.66. The van der Waals surface area contributed by atoms with Gasteiger partial charge >= 0.3 is 0 Å². The Kier molecular flexibility index (Phi) is 7.12. The molecule has 7 nitrogen and oxygen atoms in total. The van der Waals surface area contributed by atoms with Gasteiger partial charge in [0.25, 0.3) is 5.91 Å². The van der Waals surface area contributed by atoms with Crippen molar-refractivity contribution in [3.8, 4) is 0 Å².